The summed E-state index contributed by atoms with van der Waals surface area (Å²) >= 11 is 6.70. The van der Waals surface area contributed by atoms with E-state index in [1.165, 1.54) is 6.21 Å². The Hall–Kier alpha value is -2.12. The van der Waals surface area contributed by atoms with Crippen molar-refractivity contribution in [3.8, 4) is 5.75 Å². The van der Waals surface area contributed by atoms with Gasteiger partial charge in [-0.15, -0.1) is 0 Å². The number of benzene rings is 2. The molecule has 2 N–H and O–H groups in total. The first kappa shape index (κ1) is 18.3. The molecule has 0 bridgehead atoms. The molecule has 0 unspecified atom stereocenters. The second-order valence-electron chi connectivity index (χ2n) is 6.41. The van der Waals surface area contributed by atoms with Crippen molar-refractivity contribution in [3.63, 3.8) is 0 Å². The SMILES string of the molecule is O=C(N/N=C\c1c(O)c(Br)cc2oc3c(c12)CCCC3)c1ccc(Br)cc1. The lowest BCUT2D eigenvalue weighted by atomic mass is 9.94. The molecule has 7 heteroatoms. The number of phenols is 1. The van der Waals surface area contributed by atoms with Crippen LogP contribution in [-0.4, -0.2) is 17.2 Å². The van der Waals surface area contributed by atoms with Gasteiger partial charge in [0.05, 0.1) is 10.7 Å². The molecule has 0 atom stereocenters. The monoisotopic (exact) mass is 490 g/mol. The summed E-state index contributed by atoms with van der Waals surface area (Å²) in [6.07, 6.45) is 5.49. The van der Waals surface area contributed by atoms with Crippen LogP contribution in [0.25, 0.3) is 11.0 Å². The molecule has 2 aromatic carbocycles. The molecule has 1 aromatic heterocycles. The van der Waals surface area contributed by atoms with Crippen LogP contribution in [0.3, 0.4) is 0 Å². The highest BCUT2D eigenvalue weighted by Crippen LogP contribution is 2.40. The summed E-state index contributed by atoms with van der Waals surface area (Å²) in [6, 6.07) is 8.77. The highest BCUT2D eigenvalue weighted by Gasteiger charge is 2.22. The standard InChI is InChI=1S/C20H16Br2N2O3/c21-12-7-5-11(6-8-12)20(26)24-23-10-14-18-13-3-1-2-4-16(13)27-17(18)9-15(22)19(14)25/h5-10,25H,1-4H2,(H,24,26)/b23-10-. The van der Waals surface area contributed by atoms with Crippen LogP contribution in [0.5, 0.6) is 5.75 Å². The highest BCUT2D eigenvalue weighted by molar-refractivity contribution is 9.10. The van der Waals surface area contributed by atoms with E-state index in [9.17, 15) is 9.90 Å². The van der Waals surface area contributed by atoms with Gasteiger partial charge < -0.3 is 9.52 Å². The van der Waals surface area contributed by atoms with Gasteiger partial charge in [0.1, 0.15) is 17.1 Å². The molecular weight excluding hydrogens is 476 g/mol. The van der Waals surface area contributed by atoms with Crippen LogP contribution in [0.2, 0.25) is 0 Å². The lowest BCUT2D eigenvalue weighted by Crippen LogP contribution is -2.17. The van der Waals surface area contributed by atoms with E-state index in [0.29, 0.717) is 21.2 Å². The second kappa shape index (κ2) is 7.48. The molecule has 0 aliphatic heterocycles. The summed E-state index contributed by atoms with van der Waals surface area (Å²) in [5.41, 5.74) is 5.39. The van der Waals surface area contributed by atoms with Crippen LogP contribution in [0, 0.1) is 0 Å². The largest absolute Gasteiger partial charge is 0.506 e. The Morgan fingerprint density at radius 3 is 2.70 bits per heavy atom. The van der Waals surface area contributed by atoms with E-state index in [2.05, 4.69) is 42.4 Å². The quantitative estimate of drug-likeness (QED) is 0.385. The average molecular weight is 492 g/mol. The van der Waals surface area contributed by atoms with Crippen LogP contribution < -0.4 is 5.43 Å². The minimum absolute atomic E-state index is 0.0818. The lowest BCUT2D eigenvalue weighted by Gasteiger charge is -2.10. The van der Waals surface area contributed by atoms with Crippen molar-refractivity contribution in [1.82, 2.24) is 5.43 Å². The number of amides is 1. The molecule has 5 nitrogen and oxygen atoms in total. The summed E-state index contributed by atoms with van der Waals surface area (Å²) in [5, 5.41) is 15.5. The zero-order valence-corrected chi connectivity index (χ0v) is 17.4. The van der Waals surface area contributed by atoms with Gasteiger partial charge in [0.25, 0.3) is 5.91 Å². The topological polar surface area (TPSA) is 74.8 Å². The molecule has 1 amide bonds. The first-order chi connectivity index (χ1) is 13.0. The van der Waals surface area contributed by atoms with Crippen molar-refractivity contribution < 1.29 is 14.3 Å². The zero-order chi connectivity index (χ0) is 19.0. The molecule has 4 rings (SSSR count). The maximum atomic E-state index is 12.2. The van der Waals surface area contributed by atoms with Gasteiger partial charge in [0.2, 0.25) is 0 Å². The number of fused-ring (bicyclic) bond motifs is 3. The molecule has 1 heterocycles. The Balaban J connectivity index is 1.67. The van der Waals surface area contributed by atoms with E-state index in [-0.39, 0.29) is 11.7 Å². The summed E-state index contributed by atoms with van der Waals surface area (Å²) in [7, 11) is 0. The molecule has 138 valence electrons. The number of aryl methyl sites for hydroxylation is 2. The van der Waals surface area contributed by atoms with Crippen LogP contribution in [0.4, 0.5) is 0 Å². The molecule has 0 saturated carbocycles. The smallest absolute Gasteiger partial charge is 0.271 e. The van der Waals surface area contributed by atoms with E-state index in [1.807, 2.05) is 0 Å². The molecule has 0 spiro atoms. The van der Waals surface area contributed by atoms with Gasteiger partial charge in [-0.25, -0.2) is 5.43 Å². The zero-order valence-electron chi connectivity index (χ0n) is 14.3. The summed E-state index contributed by atoms with van der Waals surface area (Å²) in [4.78, 5) is 12.2. The van der Waals surface area contributed by atoms with Crippen molar-refractivity contribution in [1.29, 1.82) is 0 Å². The van der Waals surface area contributed by atoms with Gasteiger partial charge >= 0.3 is 0 Å². The number of hydrogen-bond acceptors (Lipinski definition) is 4. The van der Waals surface area contributed by atoms with Crippen LogP contribution in [0.1, 0.15) is 40.1 Å². The number of nitrogens with zero attached hydrogens (tertiary/aromatic N) is 1. The van der Waals surface area contributed by atoms with E-state index in [0.717, 1.165) is 46.9 Å². The fourth-order valence-electron chi connectivity index (χ4n) is 3.36. The third-order valence-corrected chi connectivity index (χ3v) is 5.81. The molecule has 1 aliphatic rings. The molecule has 0 fully saturated rings. The van der Waals surface area contributed by atoms with Crippen molar-refractivity contribution in [2.24, 2.45) is 5.10 Å². The predicted octanol–water partition coefficient (Wildman–Crippen LogP) is 5.31. The number of furan rings is 1. The summed E-state index contributed by atoms with van der Waals surface area (Å²) in [5.74, 6) is 0.735. The van der Waals surface area contributed by atoms with E-state index in [1.54, 1.807) is 30.3 Å². The molecular formula is C20H16Br2N2O3. The average Bonchev–Trinajstić information content (AvgIpc) is 3.03. The van der Waals surface area contributed by atoms with Gasteiger partial charge in [-0.3, -0.25) is 4.79 Å². The third-order valence-electron chi connectivity index (χ3n) is 4.67. The van der Waals surface area contributed by atoms with Gasteiger partial charge in [0.15, 0.2) is 0 Å². The number of aromatic hydroxyl groups is 1. The Bertz CT molecular complexity index is 1060. The predicted molar refractivity (Wildman–Crippen MR) is 111 cm³/mol. The highest BCUT2D eigenvalue weighted by atomic mass is 79.9. The summed E-state index contributed by atoms with van der Waals surface area (Å²) in [6.45, 7) is 0. The van der Waals surface area contributed by atoms with Crippen molar-refractivity contribution >= 4 is 55.0 Å². The number of carbonyl (C=O) groups is 1. The lowest BCUT2D eigenvalue weighted by molar-refractivity contribution is 0.0955. The molecule has 1 aliphatic carbocycles. The number of rotatable bonds is 3. The van der Waals surface area contributed by atoms with Gasteiger partial charge in [-0.05, 0) is 65.5 Å². The van der Waals surface area contributed by atoms with Crippen LogP contribution >= 0.6 is 31.9 Å². The van der Waals surface area contributed by atoms with Crippen molar-refractivity contribution in [2.75, 3.05) is 0 Å². The first-order valence-corrected chi connectivity index (χ1v) is 10.2. The Morgan fingerprint density at radius 2 is 1.93 bits per heavy atom. The van der Waals surface area contributed by atoms with Crippen LogP contribution in [-0.2, 0) is 12.8 Å². The Labute approximate surface area is 172 Å². The number of hydrazone groups is 1. The number of nitrogens with one attached hydrogen (secondary N) is 1. The van der Waals surface area contributed by atoms with Gasteiger partial charge in [-0.1, -0.05) is 15.9 Å². The third kappa shape index (κ3) is 3.53. The number of carbonyl (C=O) groups excluding carboxylic acids is 1. The van der Waals surface area contributed by atoms with Crippen molar-refractivity contribution in [3.05, 3.63) is 61.7 Å². The minimum Gasteiger partial charge on any atom is -0.506 e. The van der Waals surface area contributed by atoms with E-state index >= 15 is 0 Å². The van der Waals surface area contributed by atoms with E-state index < -0.39 is 0 Å². The number of halogens is 2. The number of phenolic OH excluding ortho intramolecular Hbond substituents is 1. The maximum absolute atomic E-state index is 12.2. The molecule has 27 heavy (non-hydrogen) atoms. The normalized spacial score (nSPS) is 13.9. The fraction of sp³-hybridized carbons (Fsp3) is 0.200. The second-order valence-corrected chi connectivity index (χ2v) is 8.18. The Morgan fingerprint density at radius 1 is 1.19 bits per heavy atom. The van der Waals surface area contributed by atoms with Crippen molar-refractivity contribution in [2.45, 2.75) is 25.7 Å². The van der Waals surface area contributed by atoms with Gasteiger partial charge in [-0.2, -0.15) is 5.10 Å². The molecule has 3 aromatic rings. The molecule has 0 radical (unpaired) electrons. The molecule has 0 saturated heterocycles. The van der Waals surface area contributed by atoms with Crippen LogP contribution in [0.15, 0.2) is 48.8 Å². The number of hydrogen-bond donors (Lipinski definition) is 2. The fourth-order valence-corrected chi connectivity index (χ4v) is 4.05. The minimum atomic E-state index is -0.321. The van der Waals surface area contributed by atoms with Gasteiger partial charge in [0, 0.05) is 33.0 Å². The first-order valence-electron chi connectivity index (χ1n) is 8.59. The summed E-state index contributed by atoms with van der Waals surface area (Å²) < 4.78 is 7.41. The maximum Gasteiger partial charge on any atom is 0.271 e. The van der Waals surface area contributed by atoms with E-state index in [4.69, 9.17) is 4.42 Å². The Kier molecular flexibility index (Phi) is 5.06.